The first kappa shape index (κ1) is 18.1. The number of hydrogen-bond acceptors (Lipinski definition) is 5. The van der Waals surface area contributed by atoms with E-state index >= 15 is 0 Å². The van der Waals surface area contributed by atoms with Crippen molar-refractivity contribution in [3.05, 3.63) is 59.5 Å². The van der Waals surface area contributed by atoms with Gasteiger partial charge in [-0.05, 0) is 30.7 Å². The van der Waals surface area contributed by atoms with Gasteiger partial charge in [0.1, 0.15) is 5.65 Å². The number of pyridine rings is 2. The third kappa shape index (κ3) is 3.35. The predicted octanol–water partition coefficient (Wildman–Crippen LogP) is 5.23. The highest BCUT2D eigenvalue weighted by molar-refractivity contribution is 7.98. The number of aryl methyl sites for hydroxylation is 1. The summed E-state index contributed by atoms with van der Waals surface area (Å²) in [4.78, 5) is 8.91. The Morgan fingerprint density at radius 2 is 1.86 bits per heavy atom. The Labute approximate surface area is 167 Å². The number of halogens is 3. The van der Waals surface area contributed by atoms with Gasteiger partial charge in [-0.2, -0.15) is 13.2 Å². The van der Waals surface area contributed by atoms with Crippen molar-refractivity contribution in [2.45, 2.75) is 23.9 Å². The highest BCUT2D eigenvalue weighted by atomic mass is 32.2. The first-order valence-electron chi connectivity index (χ1n) is 8.75. The lowest BCUT2D eigenvalue weighted by Gasteiger charge is -2.12. The standard InChI is InChI=1S/C20H14F3N3O2S/c1-11-2-3-18-24-12(8-26(18)7-11)9-29-19-5-14(20(21,22)23)13-4-16-17(28-10-27-16)6-15(13)25-19/h2-8H,9-10H2,1H3. The molecule has 5 nitrogen and oxygen atoms in total. The maximum Gasteiger partial charge on any atom is 0.417 e. The van der Waals surface area contributed by atoms with Crippen LogP contribution in [0.4, 0.5) is 13.2 Å². The molecular weight excluding hydrogens is 403 g/mol. The summed E-state index contributed by atoms with van der Waals surface area (Å²) >= 11 is 1.21. The van der Waals surface area contributed by atoms with Gasteiger partial charge in [-0.15, -0.1) is 0 Å². The normalized spacial score (nSPS) is 13.5. The van der Waals surface area contributed by atoms with Crippen LogP contribution in [-0.4, -0.2) is 21.2 Å². The van der Waals surface area contributed by atoms with Crippen LogP contribution in [0.5, 0.6) is 11.5 Å². The van der Waals surface area contributed by atoms with E-state index < -0.39 is 11.7 Å². The third-order valence-corrected chi connectivity index (χ3v) is 5.55. The van der Waals surface area contributed by atoms with Crippen LogP contribution in [0.1, 0.15) is 16.8 Å². The lowest BCUT2D eigenvalue weighted by molar-refractivity contribution is -0.136. The van der Waals surface area contributed by atoms with Crippen LogP contribution in [0.3, 0.4) is 0 Å². The molecule has 9 heteroatoms. The van der Waals surface area contributed by atoms with Crippen LogP contribution in [0, 0.1) is 6.92 Å². The molecule has 0 N–H and O–H groups in total. The molecule has 0 amide bonds. The van der Waals surface area contributed by atoms with Crippen molar-refractivity contribution in [3.63, 3.8) is 0 Å². The highest BCUT2D eigenvalue weighted by Crippen LogP contribution is 2.42. The minimum absolute atomic E-state index is 0.00527. The maximum atomic E-state index is 13.7. The van der Waals surface area contributed by atoms with Crippen LogP contribution in [0.25, 0.3) is 16.6 Å². The fourth-order valence-electron chi connectivity index (χ4n) is 3.27. The number of nitrogens with zero attached hydrogens (tertiary/aromatic N) is 3. The van der Waals surface area contributed by atoms with Gasteiger partial charge in [0.2, 0.25) is 6.79 Å². The van der Waals surface area contributed by atoms with E-state index in [1.54, 1.807) is 0 Å². The Balaban J connectivity index is 1.51. The van der Waals surface area contributed by atoms with Crippen molar-refractivity contribution < 1.29 is 22.6 Å². The Kier molecular flexibility index (Phi) is 4.09. The fraction of sp³-hybridized carbons (Fsp3) is 0.200. The molecule has 29 heavy (non-hydrogen) atoms. The van der Waals surface area contributed by atoms with Crippen LogP contribution in [0.15, 0.2) is 47.8 Å². The van der Waals surface area contributed by atoms with E-state index in [-0.39, 0.29) is 22.7 Å². The van der Waals surface area contributed by atoms with Crippen molar-refractivity contribution in [1.82, 2.24) is 14.4 Å². The zero-order valence-corrected chi connectivity index (χ0v) is 16.0. The van der Waals surface area contributed by atoms with E-state index in [1.165, 1.54) is 23.9 Å². The van der Waals surface area contributed by atoms with E-state index in [1.807, 2.05) is 35.9 Å². The van der Waals surface area contributed by atoms with Crippen LogP contribution in [-0.2, 0) is 11.9 Å². The van der Waals surface area contributed by atoms with Gasteiger partial charge in [-0.1, -0.05) is 17.8 Å². The molecule has 148 valence electrons. The molecule has 0 spiro atoms. The van der Waals surface area contributed by atoms with Crippen molar-refractivity contribution in [2.24, 2.45) is 0 Å². The molecule has 5 rings (SSSR count). The molecule has 0 fully saturated rings. The molecule has 0 saturated heterocycles. The maximum absolute atomic E-state index is 13.7. The summed E-state index contributed by atoms with van der Waals surface area (Å²) < 4.78 is 53.4. The molecule has 0 atom stereocenters. The SMILES string of the molecule is Cc1ccc2nc(CSc3cc(C(F)(F)F)c4cc5c(cc4n3)OCO5)cn2c1. The summed E-state index contributed by atoms with van der Waals surface area (Å²) in [5.41, 5.74) is 2.13. The summed E-state index contributed by atoms with van der Waals surface area (Å²) in [7, 11) is 0. The number of alkyl halides is 3. The lowest BCUT2D eigenvalue weighted by atomic mass is 10.1. The number of hydrogen-bond donors (Lipinski definition) is 0. The molecule has 4 aromatic rings. The largest absolute Gasteiger partial charge is 0.454 e. The summed E-state index contributed by atoms with van der Waals surface area (Å²) in [6.45, 7) is 1.97. The fourth-order valence-corrected chi connectivity index (χ4v) is 4.07. The number of benzene rings is 1. The molecule has 1 aromatic carbocycles. The van der Waals surface area contributed by atoms with E-state index in [2.05, 4.69) is 9.97 Å². The zero-order valence-electron chi connectivity index (χ0n) is 15.2. The van der Waals surface area contributed by atoms with Gasteiger partial charge >= 0.3 is 6.18 Å². The Bertz CT molecular complexity index is 1250. The second-order valence-corrected chi connectivity index (χ2v) is 7.72. The Hall–Kier alpha value is -2.94. The molecule has 0 saturated carbocycles. The molecule has 0 unspecified atom stereocenters. The average Bonchev–Trinajstić information content (AvgIpc) is 3.28. The number of fused-ring (bicyclic) bond motifs is 3. The highest BCUT2D eigenvalue weighted by Gasteiger charge is 2.34. The Morgan fingerprint density at radius 3 is 2.66 bits per heavy atom. The van der Waals surface area contributed by atoms with Crippen molar-refractivity contribution in [1.29, 1.82) is 0 Å². The van der Waals surface area contributed by atoms with Crippen molar-refractivity contribution >= 4 is 28.3 Å². The minimum Gasteiger partial charge on any atom is -0.454 e. The van der Waals surface area contributed by atoms with Gasteiger partial charge in [0.25, 0.3) is 0 Å². The van der Waals surface area contributed by atoms with E-state index in [0.717, 1.165) is 23.0 Å². The quantitative estimate of drug-likeness (QED) is 0.427. The van der Waals surface area contributed by atoms with Gasteiger partial charge in [0, 0.05) is 29.6 Å². The van der Waals surface area contributed by atoms with Crippen LogP contribution < -0.4 is 9.47 Å². The Morgan fingerprint density at radius 1 is 1.07 bits per heavy atom. The minimum atomic E-state index is -4.51. The summed E-state index contributed by atoms with van der Waals surface area (Å²) in [5.74, 6) is 1.10. The van der Waals surface area contributed by atoms with E-state index in [9.17, 15) is 13.2 Å². The molecule has 3 aromatic heterocycles. The second-order valence-electron chi connectivity index (χ2n) is 6.72. The van der Waals surface area contributed by atoms with E-state index in [0.29, 0.717) is 17.3 Å². The molecule has 1 aliphatic heterocycles. The summed E-state index contributed by atoms with van der Waals surface area (Å²) in [5, 5.41) is 0.270. The summed E-state index contributed by atoms with van der Waals surface area (Å²) in [6.07, 6.45) is -0.681. The average molecular weight is 417 g/mol. The molecule has 4 heterocycles. The number of thioether (sulfide) groups is 1. The summed E-state index contributed by atoms with van der Waals surface area (Å²) in [6, 6.07) is 7.78. The number of rotatable bonds is 3. The molecule has 1 aliphatic rings. The van der Waals surface area contributed by atoms with Crippen LogP contribution >= 0.6 is 11.8 Å². The number of ether oxygens (including phenoxy) is 2. The topological polar surface area (TPSA) is 48.7 Å². The third-order valence-electron chi connectivity index (χ3n) is 4.60. The number of imidazole rings is 1. The van der Waals surface area contributed by atoms with Crippen molar-refractivity contribution in [2.75, 3.05) is 6.79 Å². The van der Waals surface area contributed by atoms with Gasteiger partial charge < -0.3 is 13.9 Å². The van der Waals surface area contributed by atoms with E-state index in [4.69, 9.17) is 9.47 Å². The predicted molar refractivity (Wildman–Crippen MR) is 102 cm³/mol. The zero-order chi connectivity index (χ0) is 20.2. The molecule has 0 aliphatic carbocycles. The second kappa shape index (κ2) is 6.55. The molecule has 0 radical (unpaired) electrons. The first-order chi connectivity index (χ1) is 13.9. The molecule has 0 bridgehead atoms. The van der Waals surface area contributed by atoms with Gasteiger partial charge in [0.15, 0.2) is 11.5 Å². The first-order valence-corrected chi connectivity index (χ1v) is 9.74. The van der Waals surface area contributed by atoms with Crippen LogP contribution in [0.2, 0.25) is 0 Å². The monoisotopic (exact) mass is 417 g/mol. The lowest BCUT2D eigenvalue weighted by Crippen LogP contribution is -2.07. The van der Waals surface area contributed by atoms with Gasteiger partial charge in [-0.3, -0.25) is 0 Å². The number of aromatic nitrogens is 3. The smallest absolute Gasteiger partial charge is 0.417 e. The van der Waals surface area contributed by atoms with Crippen molar-refractivity contribution in [3.8, 4) is 11.5 Å². The molecular formula is C20H14F3N3O2S. The van der Waals surface area contributed by atoms with Gasteiger partial charge in [0.05, 0.1) is 21.8 Å². The van der Waals surface area contributed by atoms with Gasteiger partial charge in [-0.25, -0.2) is 9.97 Å².